The van der Waals surface area contributed by atoms with E-state index in [0.29, 0.717) is 19.6 Å². The van der Waals surface area contributed by atoms with Gasteiger partial charge in [-0.2, -0.15) is 0 Å². The number of amides is 1. The third-order valence-electron chi connectivity index (χ3n) is 4.62. The molecule has 24 heavy (non-hydrogen) atoms. The molecule has 1 fully saturated rings. The minimum Gasteiger partial charge on any atom is -0.392 e. The van der Waals surface area contributed by atoms with Gasteiger partial charge in [-0.05, 0) is 42.8 Å². The Morgan fingerprint density at radius 3 is 2.29 bits per heavy atom. The molecule has 0 unspecified atom stereocenters. The van der Waals surface area contributed by atoms with Gasteiger partial charge in [0.25, 0.3) is 5.91 Å². The third-order valence-corrected chi connectivity index (χ3v) is 4.62. The quantitative estimate of drug-likeness (QED) is 0.914. The Morgan fingerprint density at radius 2 is 1.71 bits per heavy atom. The molecule has 3 rings (SSSR count). The lowest BCUT2D eigenvalue weighted by Crippen LogP contribution is -2.50. The van der Waals surface area contributed by atoms with Crippen molar-refractivity contribution in [1.29, 1.82) is 0 Å². The van der Waals surface area contributed by atoms with Crippen molar-refractivity contribution in [2.75, 3.05) is 32.7 Å². The van der Waals surface area contributed by atoms with Crippen molar-refractivity contribution in [3.63, 3.8) is 0 Å². The number of hydrogen-bond donors (Lipinski definition) is 1. The van der Waals surface area contributed by atoms with Crippen molar-refractivity contribution < 1.29 is 9.90 Å². The van der Waals surface area contributed by atoms with Crippen LogP contribution in [0.25, 0.3) is 5.69 Å². The van der Waals surface area contributed by atoms with Crippen LogP contribution in [0.5, 0.6) is 0 Å². The molecule has 0 radical (unpaired) electrons. The number of rotatable bonds is 5. The molecule has 1 aromatic carbocycles. The van der Waals surface area contributed by atoms with Gasteiger partial charge in [-0.15, -0.1) is 0 Å². The van der Waals surface area contributed by atoms with Crippen molar-refractivity contribution in [3.05, 3.63) is 54.4 Å². The first-order valence-electron chi connectivity index (χ1n) is 8.60. The standard InChI is InChI=1S/C19H25N3O2/c1-2-18(23)15-20-11-13-22(14-12-20)19(24)16-5-7-17(8-6-16)21-9-3-4-10-21/h3-10,18,23H,2,11-15H2,1H3/t18-/m1/s1. The molecule has 128 valence electrons. The van der Waals surface area contributed by atoms with Gasteiger partial charge in [0, 0.05) is 56.4 Å². The summed E-state index contributed by atoms with van der Waals surface area (Å²) in [5.74, 6) is 0.0877. The largest absolute Gasteiger partial charge is 0.392 e. The van der Waals surface area contributed by atoms with Gasteiger partial charge in [-0.25, -0.2) is 0 Å². The number of carbonyl (C=O) groups is 1. The number of β-amino-alcohol motifs (C(OH)–C–C–N with tert-alkyl or cyclic N) is 1. The van der Waals surface area contributed by atoms with Crippen LogP contribution in [0.2, 0.25) is 0 Å². The van der Waals surface area contributed by atoms with E-state index in [1.807, 2.05) is 65.2 Å². The summed E-state index contributed by atoms with van der Waals surface area (Å²) >= 11 is 0. The highest BCUT2D eigenvalue weighted by Crippen LogP contribution is 2.13. The van der Waals surface area contributed by atoms with E-state index in [1.54, 1.807) is 0 Å². The van der Waals surface area contributed by atoms with Gasteiger partial charge in [0.1, 0.15) is 0 Å². The molecule has 0 spiro atoms. The van der Waals surface area contributed by atoms with Crippen molar-refractivity contribution in [2.45, 2.75) is 19.4 Å². The second-order valence-electron chi connectivity index (χ2n) is 6.29. The summed E-state index contributed by atoms with van der Waals surface area (Å²) in [5.41, 5.74) is 1.78. The highest BCUT2D eigenvalue weighted by Gasteiger charge is 2.23. The molecule has 0 aliphatic carbocycles. The molecule has 5 nitrogen and oxygen atoms in total. The monoisotopic (exact) mass is 327 g/mol. The zero-order chi connectivity index (χ0) is 16.9. The summed E-state index contributed by atoms with van der Waals surface area (Å²) < 4.78 is 2.02. The van der Waals surface area contributed by atoms with Gasteiger partial charge in [0.05, 0.1) is 6.10 Å². The molecule has 1 amide bonds. The number of aliphatic hydroxyl groups is 1. The molecule has 1 N–H and O–H groups in total. The van der Waals surface area contributed by atoms with Gasteiger partial charge < -0.3 is 14.6 Å². The van der Waals surface area contributed by atoms with Crippen molar-refractivity contribution in [1.82, 2.24) is 14.4 Å². The Labute approximate surface area is 143 Å². The van der Waals surface area contributed by atoms with Gasteiger partial charge in [-0.3, -0.25) is 9.69 Å². The van der Waals surface area contributed by atoms with E-state index in [4.69, 9.17) is 0 Å². The van der Waals surface area contributed by atoms with Crippen molar-refractivity contribution in [2.24, 2.45) is 0 Å². The summed E-state index contributed by atoms with van der Waals surface area (Å²) in [7, 11) is 0. The third kappa shape index (κ3) is 3.86. The van der Waals surface area contributed by atoms with E-state index < -0.39 is 0 Å². The first-order chi connectivity index (χ1) is 11.7. The average Bonchev–Trinajstić information content (AvgIpc) is 3.16. The second kappa shape index (κ2) is 7.64. The number of nitrogens with zero attached hydrogens (tertiary/aromatic N) is 3. The molecule has 0 bridgehead atoms. The molecule has 1 atom stereocenters. The van der Waals surface area contributed by atoms with Gasteiger partial charge in [0.2, 0.25) is 0 Å². The lowest BCUT2D eigenvalue weighted by molar-refractivity contribution is 0.0524. The predicted molar refractivity (Wildman–Crippen MR) is 94.4 cm³/mol. The number of piperazine rings is 1. The summed E-state index contributed by atoms with van der Waals surface area (Å²) in [4.78, 5) is 16.8. The molecule has 2 aromatic rings. The minimum atomic E-state index is -0.270. The fourth-order valence-electron chi connectivity index (χ4n) is 3.03. The first kappa shape index (κ1) is 16.7. The molecule has 1 aliphatic rings. The van der Waals surface area contributed by atoms with Crippen LogP contribution in [0.1, 0.15) is 23.7 Å². The molecule has 0 saturated carbocycles. The smallest absolute Gasteiger partial charge is 0.253 e. The maximum absolute atomic E-state index is 12.6. The molecular weight excluding hydrogens is 302 g/mol. The van der Waals surface area contributed by atoms with Crippen LogP contribution in [-0.2, 0) is 0 Å². The van der Waals surface area contributed by atoms with E-state index in [2.05, 4.69) is 4.90 Å². The Kier molecular flexibility index (Phi) is 5.33. The number of hydrogen-bond acceptors (Lipinski definition) is 3. The number of benzene rings is 1. The Hall–Kier alpha value is -2.11. The van der Waals surface area contributed by atoms with E-state index in [1.165, 1.54) is 0 Å². The van der Waals surface area contributed by atoms with Crippen LogP contribution in [0.3, 0.4) is 0 Å². The van der Waals surface area contributed by atoms with Crippen LogP contribution >= 0.6 is 0 Å². The molecule has 5 heteroatoms. The van der Waals surface area contributed by atoms with E-state index in [-0.39, 0.29) is 12.0 Å². The van der Waals surface area contributed by atoms with E-state index >= 15 is 0 Å². The van der Waals surface area contributed by atoms with Gasteiger partial charge in [0.15, 0.2) is 0 Å². The Bertz CT molecular complexity index is 644. The highest BCUT2D eigenvalue weighted by atomic mass is 16.3. The summed E-state index contributed by atoms with van der Waals surface area (Å²) in [6.07, 6.45) is 4.47. The fourth-order valence-corrected chi connectivity index (χ4v) is 3.03. The summed E-state index contributed by atoms with van der Waals surface area (Å²) in [6, 6.07) is 11.7. The zero-order valence-corrected chi connectivity index (χ0v) is 14.1. The maximum Gasteiger partial charge on any atom is 0.253 e. The van der Waals surface area contributed by atoms with Crippen LogP contribution in [-0.4, -0.2) is 64.2 Å². The summed E-state index contributed by atoms with van der Waals surface area (Å²) in [5, 5.41) is 9.74. The SMILES string of the molecule is CC[C@@H](O)CN1CCN(C(=O)c2ccc(-n3cccc3)cc2)CC1. The Balaban J connectivity index is 1.57. The van der Waals surface area contributed by atoms with Crippen molar-refractivity contribution in [3.8, 4) is 5.69 Å². The van der Waals surface area contributed by atoms with E-state index in [0.717, 1.165) is 30.8 Å². The van der Waals surface area contributed by atoms with Crippen LogP contribution in [0.4, 0.5) is 0 Å². The normalized spacial score (nSPS) is 17.0. The van der Waals surface area contributed by atoms with Crippen LogP contribution in [0, 0.1) is 0 Å². The van der Waals surface area contributed by atoms with Gasteiger partial charge in [-0.1, -0.05) is 6.92 Å². The Morgan fingerprint density at radius 1 is 1.08 bits per heavy atom. The van der Waals surface area contributed by atoms with Gasteiger partial charge >= 0.3 is 0 Å². The van der Waals surface area contributed by atoms with E-state index in [9.17, 15) is 9.90 Å². The first-order valence-corrected chi connectivity index (χ1v) is 8.60. The topological polar surface area (TPSA) is 48.7 Å². The predicted octanol–water partition coefficient (Wildman–Crippen LogP) is 2.01. The molecule has 1 aromatic heterocycles. The van der Waals surface area contributed by atoms with Crippen LogP contribution < -0.4 is 0 Å². The second-order valence-corrected chi connectivity index (χ2v) is 6.29. The molecule has 1 saturated heterocycles. The van der Waals surface area contributed by atoms with Crippen molar-refractivity contribution >= 4 is 5.91 Å². The zero-order valence-electron chi connectivity index (χ0n) is 14.1. The lowest BCUT2D eigenvalue weighted by Gasteiger charge is -2.35. The van der Waals surface area contributed by atoms with Crippen LogP contribution in [0.15, 0.2) is 48.8 Å². The molecular formula is C19H25N3O2. The fraction of sp³-hybridized carbons (Fsp3) is 0.421. The number of aliphatic hydroxyl groups excluding tert-OH is 1. The highest BCUT2D eigenvalue weighted by molar-refractivity contribution is 5.94. The number of aromatic nitrogens is 1. The summed E-state index contributed by atoms with van der Waals surface area (Å²) in [6.45, 7) is 5.77. The molecule has 2 heterocycles. The maximum atomic E-state index is 12.6. The average molecular weight is 327 g/mol. The minimum absolute atomic E-state index is 0.0877. The lowest BCUT2D eigenvalue weighted by atomic mass is 10.1. The number of carbonyl (C=O) groups excluding carboxylic acids is 1. The molecule has 1 aliphatic heterocycles.